The van der Waals surface area contributed by atoms with Gasteiger partial charge in [-0.15, -0.1) is 0 Å². The van der Waals surface area contributed by atoms with E-state index in [9.17, 15) is 9.90 Å². The van der Waals surface area contributed by atoms with Crippen LogP contribution in [-0.2, 0) is 13.1 Å². The zero-order chi connectivity index (χ0) is 22.8. The largest absolute Gasteiger partial charge is 0.396 e. The monoisotopic (exact) mass is 443 g/mol. The van der Waals surface area contributed by atoms with Crippen LogP contribution in [0.5, 0.6) is 0 Å². The molecule has 33 heavy (non-hydrogen) atoms. The molecule has 0 amide bonds. The molecular formula is C25H25N5O3. The fourth-order valence-corrected chi connectivity index (χ4v) is 3.86. The van der Waals surface area contributed by atoms with Gasteiger partial charge in [0.25, 0.3) is 5.56 Å². The van der Waals surface area contributed by atoms with Crippen LogP contribution in [0.3, 0.4) is 0 Å². The summed E-state index contributed by atoms with van der Waals surface area (Å²) in [6, 6.07) is 13.2. The van der Waals surface area contributed by atoms with Gasteiger partial charge in [-0.3, -0.25) is 9.78 Å². The van der Waals surface area contributed by atoms with Gasteiger partial charge in [0, 0.05) is 48.0 Å². The topological polar surface area (TPSA) is 106 Å². The molecule has 0 atom stereocenters. The summed E-state index contributed by atoms with van der Waals surface area (Å²) in [5.74, 6) is 0.518. The van der Waals surface area contributed by atoms with E-state index in [4.69, 9.17) is 9.51 Å². The normalized spacial score (nSPS) is 14.4. The molecule has 1 aromatic carbocycles. The number of pyridine rings is 1. The summed E-state index contributed by atoms with van der Waals surface area (Å²) < 4.78 is 7.21. The average Bonchev–Trinajstić information content (AvgIpc) is 3.45. The highest BCUT2D eigenvalue weighted by atomic mass is 16.5. The molecule has 3 heterocycles. The van der Waals surface area contributed by atoms with E-state index in [1.54, 1.807) is 29.2 Å². The zero-order valence-electron chi connectivity index (χ0n) is 18.4. The first-order valence-corrected chi connectivity index (χ1v) is 10.9. The van der Waals surface area contributed by atoms with Crippen molar-refractivity contribution in [2.24, 2.45) is 5.41 Å². The standard InChI is InChI=1S/C25H25N5O3/c1-26-11-17-2-4-18(5-3-17)20-10-23(33-29-20)22-13-27-12-21(28-22)19-6-7-24(32)30(14-19)15-25(16-31)8-9-25/h2-7,10,12-14,26,31H,8-9,11,15-16H2,1H3. The van der Waals surface area contributed by atoms with E-state index >= 15 is 0 Å². The van der Waals surface area contributed by atoms with Crippen molar-refractivity contribution in [3.05, 3.63) is 77.0 Å². The number of aliphatic hydroxyl groups excluding tert-OH is 1. The first kappa shape index (κ1) is 21.2. The number of aliphatic hydroxyl groups is 1. The van der Waals surface area contributed by atoms with Crippen molar-refractivity contribution < 1.29 is 9.63 Å². The highest BCUT2D eigenvalue weighted by Crippen LogP contribution is 2.46. The summed E-state index contributed by atoms with van der Waals surface area (Å²) in [6.45, 7) is 1.40. The SMILES string of the molecule is CNCc1ccc(-c2cc(-c3cncc(-c4ccc(=O)n(CC5(CO)CC5)c4)n3)on2)cc1. The molecule has 0 spiro atoms. The molecule has 5 rings (SSSR count). The van der Waals surface area contributed by atoms with Crippen LogP contribution in [0.2, 0.25) is 0 Å². The van der Waals surface area contributed by atoms with E-state index in [0.717, 1.165) is 36.2 Å². The number of nitrogens with zero attached hydrogens (tertiary/aromatic N) is 4. The van der Waals surface area contributed by atoms with Gasteiger partial charge in [0.1, 0.15) is 11.4 Å². The zero-order valence-corrected chi connectivity index (χ0v) is 18.4. The molecular weight excluding hydrogens is 418 g/mol. The Morgan fingerprint density at radius 1 is 1.06 bits per heavy atom. The molecule has 0 radical (unpaired) electrons. The van der Waals surface area contributed by atoms with Crippen molar-refractivity contribution in [1.29, 1.82) is 0 Å². The van der Waals surface area contributed by atoms with Gasteiger partial charge < -0.3 is 19.5 Å². The molecule has 0 unspecified atom stereocenters. The number of nitrogens with one attached hydrogen (secondary N) is 1. The van der Waals surface area contributed by atoms with Crippen molar-refractivity contribution in [3.63, 3.8) is 0 Å². The fourth-order valence-electron chi connectivity index (χ4n) is 3.86. The maximum Gasteiger partial charge on any atom is 0.250 e. The molecule has 1 fully saturated rings. The highest BCUT2D eigenvalue weighted by molar-refractivity contribution is 5.66. The van der Waals surface area contributed by atoms with Crippen LogP contribution in [0.1, 0.15) is 18.4 Å². The van der Waals surface area contributed by atoms with Gasteiger partial charge in [0.05, 0.1) is 24.7 Å². The smallest absolute Gasteiger partial charge is 0.250 e. The molecule has 8 nitrogen and oxygen atoms in total. The van der Waals surface area contributed by atoms with Gasteiger partial charge >= 0.3 is 0 Å². The average molecular weight is 444 g/mol. The van der Waals surface area contributed by atoms with Gasteiger partial charge in [0.15, 0.2) is 5.76 Å². The van der Waals surface area contributed by atoms with E-state index in [1.165, 1.54) is 11.6 Å². The fraction of sp³-hybridized carbons (Fsp3) is 0.280. The third kappa shape index (κ3) is 4.48. The molecule has 8 heteroatoms. The molecule has 1 aliphatic carbocycles. The molecule has 3 aromatic heterocycles. The summed E-state index contributed by atoms with van der Waals surface area (Å²) in [4.78, 5) is 21.3. The lowest BCUT2D eigenvalue weighted by molar-refractivity contribution is 0.193. The second kappa shape index (κ2) is 8.73. The van der Waals surface area contributed by atoms with Crippen LogP contribution >= 0.6 is 0 Å². The molecule has 1 saturated carbocycles. The third-order valence-electron chi connectivity index (χ3n) is 6.11. The summed E-state index contributed by atoms with van der Waals surface area (Å²) >= 11 is 0. The quantitative estimate of drug-likeness (QED) is 0.431. The highest BCUT2D eigenvalue weighted by Gasteiger charge is 2.42. The lowest BCUT2D eigenvalue weighted by atomic mass is 10.1. The third-order valence-corrected chi connectivity index (χ3v) is 6.11. The first-order chi connectivity index (χ1) is 16.1. The van der Waals surface area contributed by atoms with Crippen LogP contribution < -0.4 is 10.9 Å². The van der Waals surface area contributed by atoms with Crippen LogP contribution in [0.4, 0.5) is 0 Å². The molecule has 2 N–H and O–H groups in total. The molecule has 0 saturated heterocycles. The van der Waals surface area contributed by atoms with E-state index in [1.807, 2.05) is 25.2 Å². The van der Waals surface area contributed by atoms with Gasteiger partial charge in [-0.05, 0) is 31.5 Å². The second-order valence-electron chi connectivity index (χ2n) is 8.64. The van der Waals surface area contributed by atoms with E-state index in [2.05, 4.69) is 27.6 Å². The Kier molecular flexibility index (Phi) is 5.62. The number of benzene rings is 1. The molecule has 0 aliphatic heterocycles. The lowest BCUT2D eigenvalue weighted by Gasteiger charge is -2.14. The van der Waals surface area contributed by atoms with Crippen molar-refractivity contribution in [1.82, 2.24) is 25.0 Å². The maximum absolute atomic E-state index is 12.3. The molecule has 0 bridgehead atoms. The van der Waals surface area contributed by atoms with E-state index < -0.39 is 0 Å². The summed E-state index contributed by atoms with van der Waals surface area (Å²) in [6.07, 6.45) is 6.93. The van der Waals surface area contributed by atoms with Crippen molar-refractivity contribution in [2.75, 3.05) is 13.7 Å². The Balaban J connectivity index is 1.41. The number of hydrogen-bond donors (Lipinski definition) is 2. The Morgan fingerprint density at radius 3 is 2.55 bits per heavy atom. The number of rotatable bonds is 8. The van der Waals surface area contributed by atoms with Crippen molar-refractivity contribution in [3.8, 4) is 34.0 Å². The lowest BCUT2D eigenvalue weighted by Crippen LogP contribution is -2.25. The summed E-state index contributed by atoms with van der Waals surface area (Å²) in [5.41, 5.74) is 4.57. The Bertz CT molecular complexity index is 1320. The van der Waals surface area contributed by atoms with Crippen LogP contribution in [-0.4, -0.2) is 38.5 Å². The minimum atomic E-state index is -0.169. The van der Waals surface area contributed by atoms with Crippen molar-refractivity contribution >= 4 is 0 Å². The predicted octanol–water partition coefficient (Wildman–Crippen LogP) is 3.12. The first-order valence-electron chi connectivity index (χ1n) is 10.9. The van der Waals surface area contributed by atoms with Crippen LogP contribution in [0.15, 0.2) is 70.4 Å². The molecule has 4 aromatic rings. The Labute approximate surface area is 190 Å². The second-order valence-corrected chi connectivity index (χ2v) is 8.64. The Hall–Kier alpha value is -3.62. The minimum absolute atomic E-state index is 0.0883. The summed E-state index contributed by atoms with van der Waals surface area (Å²) in [7, 11) is 1.92. The number of hydrogen-bond acceptors (Lipinski definition) is 7. The molecule has 168 valence electrons. The van der Waals surface area contributed by atoms with Crippen LogP contribution in [0, 0.1) is 5.41 Å². The van der Waals surface area contributed by atoms with Gasteiger partial charge in [-0.1, -0.05) is 29.4 Å². The van der Waals surface area contributed by atoms with Crippen molar-refractivity contribution in [2.45, 2.75) is 25.9 Å². The van der Waals surface area contributed by atoms with Gasteiger partial charge in [-0.25, -0.2) is 4.98 Å². The van der Waals surface area contributed by atoms with E-state index in [0.29, 0.717) is 23.7 Å². The summed E-state index contributed by atoms with van der Waals surface area (Å²) in [5, 5.41) is 16.9. The predicted molar refractivity (Wildman–Crippen MR) is 124 cm³/mol. The van der Waals surface area contributed by atoms with Gasteiger partial charge in [-0.2, -0.15) is 0 Å². The molecule has 1 aliphatic rings. The number of aromatic nitrogens is 4. The maximum atomic E-state index is 12.3. The van der Waals surface area contributed by atoms with E-state index in [-0.39, 0.29) is 17.6 Å². The Morgan fingerprint density at radius 2 is 1.82 bits per heavy atom. The minimum Gasteiger partial charge on any atom is -0.396 e. The van der Waals surface area contributed by atoms with Gasteiger partial charge in [0.2, 0.25) is 0 Å². The van der Waals surface area contributed by atoms with Crippen LogP contribution in [0.25, 0.3) is 34.0 Å².